The Morgan fingerprint density at radius 1 is 0.850 bits per heavy atom. The molecule has 0 spiro atoms. The van der Waals surface area contributed by atoms with Gasteiger partial charge in [-0.2, -0.15) is 24.3 Å². The first-order valence-electron chi connectivity index (χ1n) is 7.20. The van der Waals surface area contributed by atoms with E-state index >= 15 is 0 Å². The van der Waals surface area contributed by atoms with Crippen LogP contribution in [-0.4, -0.2) is 0 Å². The summed E-state index contributed by atoms with van der Waals surface area (Å²) in [6.45, 7) is 9.40. The Hall–Kier alpha value is -0.300. The van der Waals surface area contributed by atoms with Crippen molar-refractivity contribution < 1.29 is 37.7 Å². The van der Waals surface area contributed by atoms with Crippen molar-refractivity contribution in [2.45, 2.75) is 33.1 Å². The molecule has 20 heavy (non-hydrogen) atoms. The second kappa shape index (κ2) is 5.83. The molecule has 1 aliphatic rings. The number of hydrogen-bond donors (Lipinski definition) is 0. The SMILES string of the molecule is CC(C)C1(C(C)C)c2cc[c-]cc2-c2ccccc21.[Ho]. The Kier molecular flexibility index (Phi) is 4.69. The van der Waals surface area contributed by atoms with E-state index in [4.69, 9.17) is 0 Å². The maximum atomic E-state index is 3.25. The first-order chi connectivity index (χ1) is 9.10. The summed E-state index contributed by atoms with van der Waals surface area (Å²) >= 11 is 0. The van der Waals surface area contributed by atoms with Gasteiger partial charge in [-0.25, -0.2) is 0 Å². The van der Waals surface area contributed by atoms with Crippen LogP contribution in [0.2, 0.25) is 0 Å². The zero-order valence-electron chi connectivity index (χ0n) is 12.5. The monoisotopic (exact) mass is 414 g/mol. The largest absolute Gasteiger partial charge is 0.183 e. The molecule has 0 bridgehead atoms. The third-order valence-corrected chi connectivity index (χ3v) is 4.79. The topological polar surface area (TPSA) is 0 Å². The van der Waals surface area contributed by atoms with Crippen LogP contribution in [0.25, 0.3) is 11.1 Å². The number of rotatable bonds is 2. The van der Waals surface area contributed by atoms with Gasteiger partial charge in [0, 0.05) is 43.2 Å². The molecule has 0 saturated heterocycles. The summed E-state index contributed by atoms with van der Waals surface area (Å²) < 4.78 is 0. The minimum Gasteiger partial charge on any atom is -0.183 e. The Labute approximate surface area is 152 Å². The molecular formula is C19H21Ho-. The van der Waals surface area contributed by atoms with Gasteiger partial charge in [0.05, 0.1) is 0 Å². The average Bonchev–Trinajstić information content (AvgIpc) is 2.70. The first kappa shape index (κ1) is 16.1. The van der Waals surface area contributed by atoms with Crippen LogP contribution in [0.15, 0.2) is 42.5 Å². The zero-order valence-corrected chi connectivity index (χ0v) is 14.4. The zero-order chi connectivity index (χ0) is 13.6. The summed E-state index contributed by atoms with van der Waals surface area (Å²) in [5.74, 6) is 1.16. The van der Waals surface area contributed by atoms with Gasteiger partial charge >= 0.3 is 0 Å². The van der Waals surface area contributed by atoms with Gasteiger partial charge in [0.25, 0.3) is 0 Å². The fourth-order valence-corrected chi connectivity index (χ4v) is 4.15. The third-order valence-electron chi connectivity index (χ3n) is 4.79. The van der Waals surface area contributed by atoms with Gasteiger partial charge in [-0.3, -0.25) is 0 Å². The quantitative estimate of drug-likeness (QED) is 0.476. The van der Waals surface area contributed by atoms with Crippen LogP contribution in [0, 0.1) is 55.6 Å². The molecule has 2 aromatic carbocycles. The van der Waals surface area contributed by atoms with E-state index in [1.54, 1.807) is 0 Å². The minimum absolute atomic E-state index is 0. The molecule has 1 radical (unpaired) electrons. The Bertz CT molecular complexity index is 555. The maximum absolute atomic E-state index is 3.25. The summed E-state index contributed by atoms with van der Waals surface area (Å²) in [6.07, 6.45) is 0. The fraction of sp³-hybridized carbons (Fsp3) is 0.368. The van der Waals surface area contributed by atoms with Gasteiger partial charge in [-0.05, 0) is 17.4 Å². The van der Waals surface area contributed by atoms with Crippen molar-refractivity contribution in [3.8, 4) is 11.1 Å². The summed E-state index contributed by atoms with van der Waals surface area (Å²) in [6, 6.07) is 18.6. The third kappa shape index (κ3) is 2.00. The van der Waals surface area contributed by atoms with E-state index in [0.717, 1.165) is 0 Å². The van der Waals surface area contributed by atoms with Crippen LogP contribution in [0.5, 0.6) is 0 Å². The summed E-state index contributed by atoms with van der Waals surface area (Å²) in [7, 11) is 0. The van der Waals surface area contributed by atoms with Crippen molar-refractivity contribution in [2.75, 3.05) is 0 Å². The minimum atomic E-state index is 0. The fourth-order valence-electron chi connectivity index (χ4n) is 4.15. The van der Waals surface area contributed by atoms with E-state index in [0.29, 0.717) is 11.8 Å². The summed E-state index contributed by atoms with van der Waals surface area (Å²) in [5, 5.41) is 0. The van der Waals surface area contributed by atoms with Gasteiger partial charge in [0.2, 0.25) is 0 Å². The van der Waals surface area contributed by atoms with E-state index in [9.17, 15) is 0 Å². The molecule has 0 amide bonds. The Balaban J connectivity index is 0.00000147. The number of fused-ring (bicyclic) bond motifs is 3. The van der Waals surface area contributed by atoms with Crippen molar-refractivity contribution in [3.63, 3.8) is 0 Å². The molecule has 0 aromatic heterocycles. The normalized spacial score (nSPS) is 14.9. The van der Waals surface area contributed by atoms with Crippen molar-refractivity contribution in [1.29, 1.82) is 0 Å². The standard InChI is InChI=1S/C19H21.Ho/c1-13(2)19(14(3)4)17-11-7-5-9-15(17)16-10-6-8-12-18(16)19;/h5,7-14H,1-4H3;/q-1;. The molecule has 109 valence electrons. The van der Waals surface area contributed by atoms with Crippen LogP contribution in [0.3, 0.4) is 0 Å². The molecular weight excluding hydrogens is 393 g/mol. The molecule has 3 rings (SSSR count). The molecule has 1 aliphatic carbocycles. The van der Waals surface area contributed by atoms with Crippen molar-refractivity contribution >= 4 is 0 Å². The van der Waals surface area contributed by atoms with Crippen LogP contribution in [-0.2, 0) is 5.41 Å². The molecule has 0 heterocycles. The van der Waals surface area contributed by atoms with E-state index < -0.39 is 0 Å². The molecule has 0 fully saturated rings. The maximum Gasteiger partial charge on any atom is 0.00286 e. The van der Waals surface area contributed by atoms with Crippen LogP contribution in [0.1, 0.15) is 38.8 Å². The predicted molar refractivity (Wildman–Crippen MR) is 81.2 cm³/mol. The predicted octanol–water partition coefficient (Wildman–Crippen LogP) is 5.07. The molecule has 2 aromatic rings. The van der Waals surface area contributed by atoms with Gasteiger partial charge in [0.15, 0.2) is 0 Å². The molecule has 0 N–H and O–H groups in total. The van der Waals surface area contributed by atoms with Crippen molar-refractivity contribution in [3.05, 3.63) is 59.7 Å². The Morgan fingerprint density at radius 3 is 2.10 bits per heavy atom. The van der Waals surface area contributed by atoms with E-state index in [-0.39, 0.29) is 43.2 Å². The van der Waals surface area contributed by atoms with Crippen molar-refractivity contribution in [2.24, 2.45) is 11.8 Å². The van der Waals surface area contributed by atoms with Crippen molar-refractivity contribution in [1.82, 2.24) is 0 Å². The van der Waals surface area contributed by atoms with Crippen LogP contribution >= 0.6 is 0 Å². The smallest absolute Gasteiger partial charge is 0.00286 e. The van der Waals surface area contributed by atoms with E-state index in [1.165, 1.54) is 22.3 Å². The second-order valence-corrected chi connectivity index (χ2v) is 6.20. The molecule has 0 saturated carbocycles. The Morgan fingerprint density at radius 2 is 1.45 bits per heavy atom. The van der Waals surface area contributed by atoms with Gasteiger partial charge in [0.1, 0.15) is 0 Å². The first-order valence-corrected chi connectivity index (χ1v) is 7.20. The van der Waals surface area contributed by atoms with E-state index in [1.807, 2.05) is 0 Å². The molecule has 0 atom stereocenters. The van der Waals surface area contributed by atoms with Crippen LogP contribution in [0.4, 0.5) is 0 Å². The van der Waals surface area contributed by atoms with E-state index in [2.05, 4.69) is 76.2 Å². The average molecular weight is 414 g/mol. The summed E-state index contributed by atoms with van der Waals surface area (Å²) in [5.41, 5.74) is 5.89. The van der Waals surface area contributed by atoms with Gasteiger partial charge in [-0.1, -0.05) is 57.5 Å². The molecule has 0 unspecified atom stereocenters. The second-order valence-electron chi connectivity index (χ2n) is 6.20. The van der Waals surface area contributed by atoms with Gasteiger partial charge < -0.3 is 0 Å². The molecule has 1 heteroatoms. The van der Waals surface area contributed by atoms with Gasteiger partial charge in [-0.15, -0.1) is 11.1 Å². The molecule has 0 nitrogen and oxygen atoms in total. The number of hydrogen-bond acceptors (Lipinski definition) is 0. The number of benzene rings is 2. The molecule has 0 aliphatic heterocycles. The van der Waals surface area contributed by atoms with Crippen LogP contribution < -0.4 is 0 Å². The summed E-state index contributed by atoms with van der Waals surface area (Å²) in [4.78, 5) is 0.